The third-order valence-corrected chi connectivity index (χ3v) is 6.53. The van der Waals surface area contributed by atoms with Gasteiger partial charge in [0.25, 0.3) is 0 Å². The van der Waals surface area contributed by atoms with Crippen molar-refractivity contribution < 1.29 is 28.7 Å². The molecule has 194 valence electrons. The highest BCUT2D eigenvalue weighted by Gasteiger charge is 2.13. The van der Waals surface area contributed by atoms with Gasteiger partial charge in [-0.25, -0.2) is 0 Å². The van der Waals surface area contributed by atoms with Gasteiger partial charge in [-0.1, -0.05) is 103 Å². The van der Waals surface area contributed by atoms with Crippen LogP contribution in [0, 0.1) is 0 Å². The minimum atomic E-state index is -1.83. The number of unbranched alkanes of at least 4 members (excludes halogenated alkanes) is 15. The molecule has 7 heteroatoms. The Labute approximate surface area is 200 Å². The number of hydrogen-bond donors (Lipinski definition) is 2. The van der Waals surface area contributed by atoms with E-state index < -0.39 is 8.60 Å². The van der Waals surface area contributed by atoms with Crippen LogP contribution in [0.5, 0.6) is 0 Å². The molecule has 2 unspecified atom stereocenters. The zero-order valence-electron chi connectivity index (χ0n) is 21.5. The summed E-state index contributed by atoms with van der Waals surface area (Å²) in [6.45, 7) is 5.10. The number of methoxy groups -OCH3 is 1. The molecular formula is C25H55NO5P+. The molecule has 0 aliphatic carbocycles. The number of likely N-dealkylation sites (N-methyl/N-ethyl adjacent to an activating group) is 1. The van der Waals surface area contributed by atoms with Crippen LogP contribution in [0.3, 0.4) is 0 Å². The number of hydrogen-bond acceptors (Lipinski definition) is 5. The van der Waals surface area contributed by atoms with E-state index in [-0.39, 0.29) is 12.7 Å². The largest absolute Gasteiger partial charge is 0.379 e. The predicted molar refractivity (Wildman–Crippen MR) is 135 cm³/mol. The highest BCUT2D eigenvalue weighted by atomic mass is 31.2. The zero-order chi connectivity index (χ0) is 23.5. The molecule has 0 saturated carbocycles. The summed E-state index contributed by atoms with van der Waals surface area (Å²) in [6.07, 6.45) is 21.8. The molecule has 0 radical (unpaired) electrons. The maximum absolute atomic E-state index is 9.66. The molecule has 0 bridgehead atoms. The fourth-order valence-electron chi connectivity index (χ4n) is 3.58. The van der Waals surface area contributed by atoms with E-state index in [4.69, 9.17) is 18.5 Å². The van der Waals surface area contributed by atoms with Gasteiger partial charge in [-0.15, -0.1) is 0 Å². The Morgan fingerprint density at radius 3 is 1.66 bits per heavy atom. The van der Waals surface area contributed by atoms with Crippen molar-refractivity contribution in [1.29, 1.82) is 0 Å². The molecule has 0 aromatic heterocycles. The van der Waals surface area contributed by atoms with E-state index in [1.165, 1.54) is 96.3 Å². The van der Waals surface area contributed by atoms with Gasteiger partial charge in [-0.05, 0) is 6.42 Å². The quantitative estimate of drug-likeness (QED) is 0.116. The molecular weight excluding hydrogens is 425 g/mol. The van der Waals surface area contributed by atoms with Crippen LogP contribution in [0.15, 0.2) is 0 Å². The fraction of sp³-hybridized carbons (Fsp3) is 1.00. The lowest BCUT2D eigenvalue weighted by Crippen LogP contribution is -2.80. The summed E-state index contributed by atoms with van der Waals surface area (Å²) in [6, 6.07) is 0. The van der Waals surface area contributed by atoms with E-state index in [0.717, 1.165) is 19.6 Å². The second kappa shape index (κ2) is 27.4. The third kappa shape index (κ3) is 24.8. The number of quaternary nitrogens is 1. The fourth-order valence-corrected chi connectivity index (χ4v) is 4.21. The maximum atomic E-state index is 9.66. The molecule has 0 heterocycles. The SMILES string of the molecule is CCCCCCCCCCCCCCCCCCOCC(COP(O)OCC[NH2+]C)OC. The average molecular weight is 481 g/mol. The second-order valence-corrected chi connectivity index (χ2v) is 9.79. The predicted octanol–water partition coefficient (Wildman–Crippen LogP) is 5.73. The van der Waals surface area contributed by atoms with Crippen LogP contribution < -0.4 is 5.32 Å². The molecule has 0 rings (SSSR count). The molecule has 0 aromatic rings. The van der Waals surface area contributed by atoms with Crippen LogP contribution in [-0.2, 0) is 18.5 Å². The Morgan fingerprint density at radius 1 is 0.688 bits per heavy atom. The highest BCUT2D eigenvalue weighted by molar-refractivity contribution is 7.40. The number of rotatable bonds is 27. The van der Waals surface area contributed by atoms with E-state index in [9.17, 15) is 4.89 Å². The van der Waals surface area contributed by atoms with Gasteiger partial charge >= 0.3 is 8.60 Å². The maximum Gasteiger partial charge on any atom is 0.330 e. The van der Waals surface area contributed by atoms with E-state index in [1.54, 1.807) is 7.11 Å². The first-order valence-electron chi connectivity index (χ1n) is 13.4. The lowest BCUT2D eigenvalue weighted by Gasteiger charge is -2.17. The molecule has 0 aliphatic rings. The molecule has 2 atom stereocenters. The number of ether oxygens (including phenoxy) is 2. The third-order valence-electron chi connectivity index (χ3n) is 5.76. The first-order chi connectivity index (χ1) is 15.7. The van der Waals surface area contributed by atoms with Crippen molar-refractivity contribution in [2.75, 3.05) is 47.1 Å². The van der Waals surface area contributed by atoms with Crippen molar-refractivity contribution in [2.24, 2.45) is 0 Å². The highest BCUT2D eigenvalue weighted by Crippen LogP contribution is 2.32. The molecule has 0 spiro atoms. The van der Waals surface area contributed by atoms with E-state index in [0.29, 0.717) is 13.2 Å². The minimum Gasteiger partial charge on any atom is -0.379 e. The van der Waals surface area contributed by atoms with Gasteiger partial charge in [0.1, 0.15) is 12.7 Å². The van der Waals surface area contributed by atoms with Crippen molar-refractivity contribution in [1.82, 2.24) is 0 Å². The van der Waals surface area contributed by atoms with E-state index >= 15 is 0 Å². The zero-order valence-corrected chi connectivity index (χ0v) is 22.4. The standard InChI is InChI=1S/C25H54NO5P/c1-4-5-6-7-8-9-10-11-12-13-14-15-16-17-18-19-21-29-23-25(28-3)24-31-32(27)30-22-20-26-2/h25-27H,4-24H2,1-3H3/p+1. The van der Waals surface area contributed by atoms with Crippen LogP contribution in [-0.4, -0.2) is 58.1 Å². The summed E-state index contributed by atoms with van der Waals surface area (Å²) in [4.78, 5) is 9.66. The summed E-state index contributed by atoms with van der Waals surface area (Å²) in [5, 5.41) is 1.99. The monoisotopic (exact) mass is 480 g/mol. The topological polar surface area (TPSA) is 73.8 Å². The molecule has 0 fully saturated rings. The van der Waals surface area contributed by atoms with Gasteiger partial charge in [0.05, 0.1) is 26.8 Å². The molecule has 0 saturated heterocycles. The summed E-state index contributed by atoms with van der Waals surface area (Å²) in [7, 11) is 1.77. The lowest BCUT2D eigenvalue weighted by molar-refractivity contribution is -0.627. The van der Waals surface area contributed by atoms with Crippen LogP contribution >= 0.6 is 8.60 Å². The van der Waals surface area contributed by atoms with Gasteiger partial charge in [0.2, 0.25) is 0 Å². The van der Waals surface area contributed by atoms with E-state index in [1.807, 2.05) is 12.4 Å². The van der Waals surface area contributed by atoms with Crippen molar-refractivity contribution in [3.8, 4) is 0 Å². The second-order valence-electron chi connectivity index (χ2n) is 8.80. The molecule has 3 N–H and O–H groups in total. The Bertz CT molecular complexity index is 352. The minimum absolute atomic E-state index is 0.172. The lowest BCUT2D eigenvalue weighted by atomic mass is 10.0. The first kappa shape index (κ1) is 32.2. The summed E-state index contributed by atoms with van der Waals surface area (Å²) < 4.78 is 21.6. The Hall–Kier alpha value is 0.190. The summed E-state index contributed by atoms with van der Waals surface area (Å²) >= 11 is 0. The van der Waals surface area contributed by atoms with Crippen molar-refractivity contribution in [3.63, 3.8) is 0 Å². The average Bonchev–Trinajstić information content (AvgIpc) is 2.80. The number of nitrogens with two attached hydrogens (primary N) is 1. The van der Waals surface area contributed by atoms with Gasteiger partial charge in [0.15, 0.2) is 0 Å². The van der Waals surface area contributed by atoms with Crippen molar-refractivity contribution in [2.45, 2.75) is 116 Å². The molecule has 0 amide bonds. The smallest absolute Gasteiger partial charge is 0.330 e. The van der Waals surface area contributed by atoms with Gasteiger partial charge in [-0.3, -0.25) is 0 Å². The Morgan fingerprint density at radius 2 is 1.19 bits per heavy atom. The van der Waals surface area contributed by atoms with Crippen LogP contribution in [0.4, 0.5) is 0 Å². The van der Waals surface area contributed by atoms with E-state index in [2.05, 4.69) is 6.92 Å². The molecule has 0 aromatic carbocycles. The van der Waals surface area contributed by atoms with Crippen molar-refractivity contribution in [3.05, 3.63) is 0 Å². The van der Waals surface area contributed by atoms with Crippen LogP contribution in [0.2, 0.25) is 0 Å². The van der Waals surface area contributed by atoms with Crippen LogP contribution in [0.1, 0.15) is 110 Å². The summed E-state index contributed by atoms with van der Waals surface area (Å²) in [5.74, 6) is 0. The summed E-state index contributed by atoms with van der Waals surface area (Å²) in [5.41, 5.74) is 0. The van der Waals surface area contributed by atoms with Gasteiger partial charge in [0, 0.05) is 13.7 Å². The molecule has 0 aliphatic heterocycles. The van der Waals surface area contributed by atoms with Gasteiger partial charge < -0.3 is 28.7 Å². The van der Waals surface area contributed by atoms with Gasteiger partial charge in [-0.2, -0.15) is 0 Å². The Balaban J connectivity index is 3.28. The Kier molecular flexibility index (Phi) is 27.6. The van der Waals surface area contributed by atoms with Crippen molar-refractivity contribution >= 4 is 8.60 Å². The van der Waals surface area contributed by atoms with Crippen LogP contribution in [0.25, 0.3) is 0 Å². The normalized spacial score (nSPS) is 13.5. The first-order valence-corrected chi connectivity index (χ1v) is 14.5. The molecule has 32 heavy (non-hydrogen) atoms. The molecule has 6 nitrogen and oxygen atoms in total.